The molecule has 0 aliphatic heterocycles. The van der Waals surface area contributed by atoms with E-state index in [-0.39, 0.29) is 29.9 Å². The Morgan fingerprint density at radius 2 is 0.592 bits per heavy atom. The molecule has 0 saturated carbocycles. The topological polar surface area (TPSA) is 102 Å². The highest BCUT2D eigenvalue weighted by Gasteiger charge is 2.21. The van der Waals surface area contributed by atoms with Gasteiger partial charge < -0.3 is 38.0 Å². The second kappa shape index (κ2) is 36.2. The molecule has 3 N–H and O–H groups in total. The Morgan fingerprint density at radius 1 is 0.183 bits per heavy atom. The number of furan rings is 5. The summed E-state index contributed by atoms with van der Waals surface area (Å²) in [6.07, 6.45) is 0.939. The van der Waals surface area contributed by atoms with Crippen molar-refractivity contribution in [2.24, 2.45) is 0 Å². The van der Waals surface area contributed by atoms with Crippen LogP contribution < -0.4 is 16.0 Å². The summed E-state index contributed by atoms with van der Waals surface area (Å²) >= 11 is 1.87. The molecule has 0 radical (unpaired) electrons. The van der Waals surface area contributed by atoms with Gasteiger partial charge in [0.15, 0.2) is 0 Å². The SMILES string of the molecule is [2H]c1c([2H])c([2H])c(Nc2ccc(-c3ccc4oc5ccccc5c4c3)cc2)c([2H])c1[2H].c1ccc(-c2ccc3c(c2)oc2cccc(-c4ccc(Nc5ccc(-c6ccc7c(c6)oc6ccccc67)cc5)cc4)c23)cc1.c1ccc(Cc2ccc3oc4ccc5ccccc5c4c3c2)cc1.c1ccc(Nc2ccc(-c3ccc4sc5cc6ccccc6cc5c4c3)c(-c3ccc4c(c3)oc3ccc5ccccc5c34)c2)cc1. The summed E-state index contributed by atoms with van der Waals surface area (Å²) in [4.78, 5) is 0. The Bertz CT molecular complexity index is 10200. The van der Waals surface area contributed by atoms with Gasteiger partial charge in [-0.05, 0) is 305 Å². The third kappa shape index (κ3) is 16.2. The van der Waals surface area contributed by atoms with Gasteiger partial charge in [0.25, 0.3) is 0 Å². The molecule has 23 aromatic carbocycles. The first kappa shape index (κ1) is 78.6. The molecule has 0 amide bonds. The molecular weight excluding hydrogens is 1750 g/mol. The van der Waals surface area contributed by atoms with Crippen LogP contribution >= 0.6 is 11.3 Å². The van der Waals surface area contributed by atoms with Crippen molar-refractivity contribution in [1.82, 2.24) is 0 Å². The van der Waals surface area contributed by atoms with Crippen molar-refractivity contribution >= 4 is 208 Å². The van der Waals surface area contributed by atoms with Crippen molar-refractivity contribution in [2.45, 2.75) is 6.42 Å². The summed E-state index contributed by atoms with van der Waals surface area (Å²) in [5.41, 5.74) is 30.2. The first-order chi connectivity index (χ1) is 72.3. The van der Waals surface area contributed by atoms with E-state index in [0.29, 0.717) is 5.69 Å². The summed E-state index contributed by atoms with van der Waals surface area (Å²) in [5, 5.41) is 31.7. The highest BCUT2D eigenvalue weighted by Crippen LogP contribution is 2.47. The predicted octanol–water partition coefficient (Wildman–Crippen LogP) is 38.9. The molecule has 6 heterocycles. The molecule has 142 heavy (non-hydrogen) atoms. The van der Waals surface area contributed by atoms with Crippen LogP contribution in [0.4, 0.5) is 34.1 Å². The van der Waals surface area contributed by atoms with Crippen LogP contribution in [-0.4, -0.2) is 0 Å². The normalized spacial score (nSPS) is 12.0. The second-order valence-corrected chi connectivity index (χ2v) is 37.0. The third-order valence-corrected chi connectivity index (χ3v) is 28.3. The summed E-state index contributed by atoms with van der Waals surface area (Å²) < 4.78 is 72.9. The van der Waals surface area contributed by atoms with Gasteiger partial charge >= 0.3 is 0 Å². The van der Waals surface area contributed by atoms with E-state index in [1.165, 1.54) is 96.5 Å². The minimum atomic E-state index is -0.405. The molecule has 9 heteroatoms. The largest absolute Gasteiger partial charge is 0.456 e. The zero-order valence-electron chi connectivity index (χ0n) is 81.6. The van der Waals surface area contributed by atoms with Crippen LogP contribution in [0.2, 0.25) is 0 Å². The van der Waals surface area contributed by atoms with E-state index in [1.54, 1.807) is 0 Å². The second-order valence-electron chi connectivity index (χ2n) is 35.9. The maximum Gasteiger partial charge on any atom is 0.136 e. The molecule has 29 rings (SSSR count). The van der Waals surface area contributed by atoms with Crippen molar-refractivity contribution < 1.29 is 28.9 Å². The van der Waals surface area contributed by atoms with Gasteiger partial charge in [0, 0.05) is 108 Å². The monoisotopic (exact) mass is 1840 g/mol. The van der Waals surface area contributed by atoms with Crippen LogP contribution in [0.25, 0.3) is 229 Å². The molecule has 0 saturated heterocycles. The van der Waals surface area contributed by atoms with Crippen LogP contribution in [0.1, 0.15) is 18.0 Å². The van der Waals surface area contributed by atoms with Crippen LogP contribution in [0.5, 0.6) is 0 Å². The van der Waals surface area contributed by atoms with Gasteiger partial charge in [0.1, 0.15) is 55.8 Å². The van der Waals surface area contributed by atoms with E-state index < -0.39 is 6.04 Å². The lowest BCUT2D eigenvalue weighted by Gasteiger charge is -2.15. The minimum Gasteiger partial charge on any atom is -0.456 e. The van der Waals surface area contributed by atoms with Gasteiger partial charge in [-0.15, -0.1) is 11.3 Å². The molecule has 8 nitrogen and oxygen atoms in total. The Morgan fingerprint density at radius 3 is 1.27 bits per heavy atom. The molecule has 670 valence electrons. The molecule has 0 bridgehead atoms. The lowest BCUT2D eigenvalue weighted by atomic mass is 9.92. The van der Waals surface area contributed by atoms with Crippen molar-refractivity contribution in [3.8, 4) is 66.8 Å². The molecule has 0 aliphatic rings. The number of hydrogen-bond donors (Lipinski definition) is 3. The summed E-state index contributed by atoms with van der Waals surface area (Å²) in [5.74, 6) is 0. The van der Waals surface area contributed by atoms with Gasteiger partial charge in [0.2, 0.25) is 0 Å². The lowest BCUT2D eigenvalue weighted by molar-refractivity contribution is 0.668. The first-order valence-electron chi connectivity index (χ1n) is 50.1. The highest BCUT2D eigenvalue weighted by molar-refractivity contribution is 7.25. The van der Waals surface area contributed by atoms with E-state index in [0.717, 1.165) is 173 Å². The van der Waals surface area contributed by atoms with Gasteiger partial charge in [-0.2, -0.15) is 0 Å². The van der Waals surface area contributed by atoms with Crippen molar-refractivity contribution in [1.29, 1.82) is 0 Å². The van der Waals surface area contributed by atoms with Gasteiger partial charge in [0.05, 0.1) is 6.85 Å². The summed E-state index contributed by atoms with van der Waals surface area (Å²) in [7, 11) is 0. The predicted molar refractivity (Wildman–Crippen MR) is 599 cm³/mol. The average Bonchev–Trinajstić information content (AvgIpc) is 1.60. The molecule has 0 spiro atoms. The zero-order chi connectivity index (χ0) is 98.3. The van der Waals surface area contributed by atoms with E-state index in [2.05, 4.69) is 392 Å². The van der Waals surface area contributed by atoms with Gasteiger partial charge in [-0.1, -0.05) is 309 Å². The highest BCUT2D eigenvalue weighted by atomic mass is 32.1. The van der Waals surface area contributed by atoms with Crippen LogP contribution in [0, 0.1) is 0 Å². The summed E-state index contributed by atoms with van der Waals surface area (Å²) in [6.45, 7) is 0. The van der Waals surface area contributed by atoms with E-state index >= 15 is 0 Å². The number of para-hydroxylation sites is 4. The number of anilines is 6. The lowest BCUT2D eigenvalue weighted by Crippen LogP contribution is -1.92. The fourth-order valence-corrected chi connectivity index (χ4v) is 21.3. The van der Waals surface area contributed by atoms with Crippen LogP contribution in [-0.2, 0) is 6.42 Å². The number of fused-ring (bicyclic) bond motifs is 23. The van der Waals surface area contributed by atoms with Crippen molar-refractivity contribution in [3.05, 3.63) is 508 Å². The molecule has 0 atom stereocenters. The number of thiophene rings is 1. The first-order valence-corrected chi connectivity index (χ1v) is 48.4. The Kier molecular flexibility index (Phi) is 20.0. The molecule has 0 fully saturated rings. The molecular formula is C133H87N3O5S. The maximum absolute atomic E-state index is 8.04. The quantitative estimate of drug-likeness (QED) is 0.0990. The molecule has 0 unspecified atom stereocenters. The van der Waals surface area contributed by atoms with Crippen molar-refractivity contribution in [2.75, 3.05) is 16.0 Å². The van der Waals surface area contributed by atoms with E-state index in [1.807, 2.05) is 102 Å². The zero-order valence-corrected chi connectivity index (χ0v) is 77.4. The van der Waals surface area contributed by atoms with Crippen LogP contribution in [0.3, 0.4) is 0 Å². The fraction of sp³-hybridized carbons (Fsp3) is 0.00752. The fourth-order valence-electron chi connectivity index (χ4n) is 20.2. The van der Waals surface area contributed by atoms with E-state index in [9.17, 15) is 0 Å². The number of nitrogens with one attached hydrogen (secondary N) is 3. The Balaban J connectivity index is 0.000000102. The Hall–Kier alpha value is -18.5. The number of hydrogen-bond acceptors (Lipinski definition) is 9. The molecule has 6 aromatic heterocycles. The number of rotatable bonds is 14. The number of benzene rings is 23. The van der Waals surface area contributed by atoms with Gasteiger partial charge in [-0.25, -0.2) is 0 Å². The molecule has 29 aromatic rings. The standard InChI is InChI=1S/C44H27NOS.C42H27NO2.C24H17NO.C23H16O/c1-2-11-32(12-3-1)45-33-17-19-34(30-16-21-42-38(23-30)39-22-28-9-4-5-10-29(28)25-43(39)47-42)37(26-33)31-14-18-36-41(24-31)46-40-20-15-27-8-6-7-13-35(27)44(36)40;1-2-7-27(8-3-1)30-18-24-37-41(26-30)45-39-12-6-10-34(42(37)39)29-15-21-33(22-16-29)43-32-19-13-28(14-20-32)31-17-23-36-35-9-4-5-11-38(35)44-40(36)25-31;1-2-6-19(7-3-1)25-20-13-10-17(11-14-20)18-12-15-24-22(16-18)21-8-4-5-9-23(21)26-24;1-2-6-16(7-3-1)14-17-10-12-21-20(15-17)23-19-9-5-4-8-18(19)11-13-22(23)24-21/h1-26,45H;1-26,43H;1-16,25H;1-13,15H,14H2/i;;1D,2D,3D,6D,7D;. The smallest absolute Gasteiger partial charge is 0.136 e. The maximum atomic E-state index is 8.04. The van der Waals surface area contributed by atoms with E-state index in [4.69, 9.17) is 28.9 Å². The third-order valence-electron chi connectivity index (χ3n) is 27.1. The van der Waals surface area contributed by atoms with Gasteiger partial charge in [-0.3, -0.25) is 0 Å². The average molecular weight is 1840 g/mol. The Labute approximate surface area is 828 Å². The van der Waals surface area contributed by atoms with Crippen molar-refractivity contribution in [3.63, 3.8) is 0 Å². The summed E-state index contributed by atoms with van der Waals surface area (Å²) in [6, 6.07) is 161. The minimum absolute atomic E-state index is 0.0602. The van der Waals surface area contributed by atoms with Crippen LogP contribution in [0.15, 0.2) is 519 Å². The molecule has 0 aliphatic carbocycles.